The third-order valence-corrected chi connectivity index (χ3v) is 4.35. The molecule has 0 unspecified atom stereocenters. The number of aliphatic hydroxyl groups excluding tert-OH is 1. The van der Waals surface area contributed by atoms with Gasteiger partial charge in [-0.1, -0.05) is 11.6 Å². The van der Waals surface area contributed by atoms with Gasteiger partial charge in [-0.2, -0.15) is 0 Å². The number of aliphatic hydroxyl groups is 1. The first-order valence-electron chi connectivity index (χ1n) is 6.73. The molecule has 3 rings (SSSR count). The Morgan fingerprint density at radius 3 is 3.00 bits per heavy atom. The van der Waals surface area contributed by atoms with Crippen LogP contribution in [-0.4, -0.2) is 46.5 Å². The molecule has 0 aliphatic rings. The minimum absolute atomic E-state index is 0.0830. The number of thiophene rings is 1. The Hall–Kier alpha value is -1.74. The van der Waals surface area contributed by atoms with E-state index in [1.54, 1.807) is 0 Å². The van der Waals surface area contributed by atoms with E-state index in [2.05, 4.69) is 25.8 Å². The van der Waals surface area contributed by atoms with Gasteiger partial charge >= 0.3 is 0 Å². The van der Waals surface area contributed by atoms with Gasteiger partial charge in [0.25, 0.3) is 0 Å². The van der Waals surface area contributed by atoms with Crippen LogP contribution in [-0.2, 0) is 0 Å². The lowest BCUT2D eigenvalue weighted by Crippen LogP contribution is -2.25. The summed E-state index contributed by atoms with van der Waals surface area (Å²) in [4.78, 5) is 15.8. The highest BCUT2D eigenvalue weighted by Crippen LogP contribution is 2.25. The van der Waals surface area contributed by atoms with Crippen molar-refractivity contribution in [2.24, 2.45) is 0 Å². The molecule has 0 saturated carbocycles. The van der Waals surface area contributed by atoms with E-state index in [4.69, 9.17) is 16.7 Å². The largest absolute Gasteiger partial charge is 0.395 e. The van der Waals surface area contributed by atoms with E-state index in [1.165, 1.54) is 11.3 Å². The van der Waals surface area contributed by atoms with Gasteiger partial charge in [-0.3, -0.25) is 4.79 Å². The second kappa shape index (κ2) is 6.57. The van der Waals surface area contributed by atoms with Crippen LogP contribution in [0.1, 0.15) is 0 Å². The van der Waals surface area contributed by atoms with Gasteiger partial charge in [0.2, 0.25) is 5.43 Å². The second-order valence-electron chi connectivity index (χ2n) is 4.61. The number of anilines is 1. The molecule has 9 heteroatoms. The summed E-state index contributed by atoms with van der Waals surface area (Å²) in [6.07, 6.45) is 0. The Morgan fingerprint density at radius 2 is 2.18 bits per heavy atom. The zero-order valence-electron chi connectivity index (χ0n) is 11.5. The molecule has 0 atom stereocenters. The van der Waals surface area contributed by atoms with Crippen LogP contribution in [0.25, 0.3) is 21.1 Å². The number of H-pyrrole nitrogens is 1. The monoisotopic (exact) mass is 339 g/mol. The molecule has 0 bridgehead atoms. The van der Waals surface area contributed by atoms with Gasteiger partial charge in [0.05, 0.1) is 27.7 Å². The molecule has 0 aliphatic carbocycles. The Balaban J connectivity index is 2.00. The first-order chi connectivity index (χ1) is 10.7. The van der Waals surface area contributed by atoms with Gasteiger partial charge in [-0.05, 0) is 11.4 Å². The van der Waals surface area contributed by atoms with Gasteiger partial charge in [0.15, 0.2) is 11.0 Å². The summed E-state index contributed by atoms with van der Waals surface area (Å²) in [5, 5.41) is 25.1. The molecular weight excluding hydrogens is 326 g/mol. The fraction of sp³-hybridized carbons (Fsp3) is 0.308. The standard InChI is InChI=1S/C13H14ClN5O2S/c14-12-9-8(10(21)11-7(17-9)1-6-22-11)13(19-18-12)16-3-2-15-4-5-20/h1,6,15,20H,2-5H2,(H,16,19)(H,17,21). The quantitative estimate of drug-likeness (QED) is 0.503. The fourth-order valence-electron chi connectivity index (χ4n) is 2.18. The SMILES string of the molecule is O=c1c2sccc2[nH]c2c(Cl)nnc(NCCNCCO)c12. The number of aromatic nitrogens is 3. The fourth-order valence-corrected chi connectivity index (χ4v) is 3.15. The van der Waals surface area contributed by atoms with Gasteiger partial charge in [0, 0.05) is 19.6 Å². The first-order valence-corrected chi connectivity index (χ1v) is 7.99. The number of rotatable bonds is 6. The summed E-state index contributed by atoms with van der Waals surface area (Å²) >= 11 is 7.44. The molecule has 3 aromatic rings. The average Bonchev–Trinajstić information content (AvgIpc) is 2.98. The molecular formula is C13H14ClN5O2S. The first kappa shape index (κ1) is 15.2. The van der Waals surface area contributed by atoms with E-state index in [9.17, 15) is 4.79 Å². The van der Waals surface area contributed by atoms with Gasteiger partial charge < -0.3 is 20.7 Å². The van der Waals surface area contributed by atoms with Crippen LogP contribution in [0.5, 0.6) is 0 Å². The molecule has 0 amide bonds. The predicted octanol–water partition coefficient (Wildman–Crippen LogP) is 1.18. The summed E-state index contributed by atoms with van der Waals surface area (Å²) in [7, 11) is 0. The van der Waals surface area contributed by atoms with Gasteiger partial charge in [-0.25, -0.2) is 0 Å². The molecule has 7 nitrogen and oxygen atoms in total. The summed E-state index contributed by atoms with van der Waals surface area (Å²) in [6, 6.07) is 1.84. The van der Waals surface area contributed by atoms with Crippen LogP contribution in [0.3, 0.4) is 0 Å². The zero-order chi connectivity index (χ0) is 15.5. The molecule has 22 heavy (non-hydrogen) atoms. The number of nitrogens with zero attached hydrogens (tertiary/aromatic N) is 2. The second-order valence-corrected chi connectivity index (χ2v) is 5.88. The molecule has 0 fully saturated rings. The van der Waals surface area contributed by atoms with Crippen LogP contribution in [0.2, 0.25) is 5.15 Å². The van der Waals surface area contributed by atoms with Crippen molar-refractivity contribution >= 4 is 49.9 Å². The number of hydrogen-bond acceptors (Lipinski definition) is 7. The summed E-state index contributed by atoms with van der Waals surface area (Å²) in [5.41, 5.74) is 1.12. The maximum Gasteiger partial charge on any atom is 0.211 e. The maximum absolute atomic E-state index is 12.6. The molecule has 3 heterocycles. The van der Waals surface area contributed by atoms with Crippen molar-refractivity contribution in [3.63, 3.8) is 0 Å². The smallest absolute Gasteiger partial charge is 0.211 e. The van der Waals surface area contributed by atoms with E-state index in [0.29, 0.717) is 41.1 Å². The summed E-state index contributed by atoms with van der Waals surface area (Å²) in [5.74, 6) is 0.404. The van der Waals surface area contributed by atoms with Crippen molar-refractivity contribution in [3.8, 4) is 0 Å². The van der Waals surface area contributed by atoms with Crippen LogP contribution >= 0.6 is 22.9 Å². The van der Waals surface area contributed by atoms with Crippen LogP contribution < -0.4 is 16.1 Å². The molecule has 0 radical (unpaired) electrons. The topological polar surface area (TPSA) is 103 Å². The number of aromatic amines is 1. The summed E-state index contributed by atoms with van der Waals surface area (Å²) < 4.78 is 0.637. The highest BCUT2D eigenvalue weighted by atomic mass is 35.5. The normalized spacial score (nSPS) is 11.4. The number of pyridine rings is 1. The molecule has 0 spiro atoms. The molecule has 116 valence electrons. The highest BCUT2D eigenvalue weighted by Gasteiger charge is 2.15. The predicted molar refractivity (Wildman–Crippen MR) is 89.0 cm³/mol. The van der Waals surface area contributed by atoms with Crippen molar-refractivity contribution in [3.05, 3.63) is 26.8 Å². The van der Waals surface area contributed by atoms with E-state index in [-0.39, 0.29) is 17.2 Å². The Labute approximate surface area is 134 Å². The van der Waals surface area contributed by atoms with E-state index < -0.39 is 0 Å². The Kier molecular flexibility index (Phi) is 4.53. The van der Waals surface area contributed by atoms with E-state index >= 15 is 0 Å². The van der Waals surface area contributed by atoms with Crippen LogP contribution in [0.15, 0.2) is 16.2 Å². The lowest BCUT2D eigenvalue weighted by Gasteiger charge is -2.09. The van der Waals surface area contributed by atoms with Crippen LogP contribution in [0.4, 0.5) is 5.82 Å². The number of nitrogens with one attached hydrogen (secondary N) is 3. The highest BCUT2D eigenvalue weighted by molar-refractivity contribution is 7.17. The maximum atomic E-state index is 12.6. The van der Waals surface area contributed by atoms with Gasteiger partial charge in [0.1, 0.15) is 0 Å². The molecule has 3 aromatic heterocycles. The van der Waals surface area contributed by atoms with E-state index in [0.717, 1.165) is 5.52 Å². The molecule has 0 aromatic carbocycles. The minimum Gasteiger partial charge on any atom is -0.395 e. The summed E-state index contributed by atoms with van der Waals surface area (Å²) in [6.45, 7) is 1.78. The lowest BCUT2D eigenvalue weighted by atomic mass is 10.2. The average molecular weight is 340 g/mol. The molecule has 0 saturated heterocycles. The van der Waals surface area contributed by atoms with Gasteiger partial charge in [-0.15, -0.1) is 21.5 Å². The molecule has 0 aliphatic heterocycles. The zero-order valence-corrected chi connectivity index (χ0v) is 13.1. The third kappa shape index (κ3) is 2.78. The van der Waals surface area contributed by atoms with Crippen molar-refractivity contribution in [1.29, 1.82) is 0 Å². The van der Waals surface area contributed by atoms with E-state index in [1.807, 2.05) is 11.4 Å². The van der Waals surface area contributed by atoms with Crippen molar-refractivity contribution in [2.75, 3.05) is 31.6 Å². The number of fused-ring (bicyclic) bond motifs is 2. The third-order valence-electron chi connectivity index (χ3n) is 3.17. The number of hydrogen-bond donors (Lipinski definition) is 4. The Bertz CT molecular complexity index is 863. The van der Waals surface area contributed by atoms with Crippen LogP contribution in [0, 0.1) is 0 Å². The number of halogens is 1. The van der Waals surface area contributed by atoms with Crippen molar-refractivity contribution in [2.45, 2.75) is 0 Å². The van der Waals surface area contributed by atoms with Crippen molar-refractivity contribution in [1.82, 2.24) is 20.5 Å². The Morgan fingerprint density at radius 1 is 1.32 bits per heavy atom. The lowest BCUT2D eigenvalue weighted by molar-refractivity contribution is 0.293. The minimum atomic E-state index is -0.110. The molecule has 4 N–H and O–H groups in total. The van der Waals surface area contributed by atoms with Crippen molar-refractivity contribution < 1.29 is 5.11 Å².